The number of anilines is 1. The zero-order chi connectivity index (χ0) is 15.3. The predicted molar refractivity (Wildman–Crippen MR) is 79.5 cm³/mol. The number of halogens is 5. The quantitative estimate of drug-likeness (QED) is 0.810. The maximum Gasteiger partial charge on any atom is 0.417 e. The van der Waals surface area contributed by atoms with E-state index in [-0.39, 0.29) is 35.5 Å². The van der Waals surface area contributed by atoms with Crippen molar-refractivity contribution in [2.75, 3.05) is 19.0 Å². The van der Waals surface area contributed by atoms with Crippen molar-refractivity contribution in [3.05, 3.63) is 28.2 Å². The van der Waals surface area contributed by atoms with Crippen molar-refractivity contribution in [3.63, 3.8) is 0 Å². The lowest BCUT2D eigenvalue weighted by Crippen LogP contribution is -2.28. The SMILES string of the molecule is COC(CN)CC(=O)Nc1ccc(Br)c(C(F)(F)F)c1.Cl. The van der Waals surface area contributed by atoms with Gasteiger partial charge >= 0.3 is 6.18 Å². The Kier molecular flexibility index (Phi) is 8.23. The Bertz CT molecular complexity index is 482. The van der Waals surface area contributed by atoms with Crippen LogP contribution in [0, 0.1) is 0 Å². The fraction of sp³-hybridized carbons (Fsp3) is 0.417. The number of benzene rings is 1. The van der Waals surface area contributed by atoms with Crippen LogP contribution < -0.4 is 11.1 Å². The Hall–Kier alpha value is -0.830. The average molecular weight is 392 g/mol. The molecule has 0 aliphatic carbocycles. The number of rotatable bonds is 5. The molecule has 0 saturated heterocycles. The molecule has 0 bridgehead atoms. The second-order valence-corrected chi connectivity index (χ2v) is 4.89. The van der Waals surface area contributed by atoms with E-state index >= 15 is 0 Å². The first kappa shape index (κ1) is 20.2. The predicted octanol–water partition coefficient (Wildman–Crippen LogP) is 3.19. The van der Waals surface area contributed by atoms with Gasteiger partial charge in [-0.15, -0.1) is 12.4 Å². The first-order valence-electron chi connectivity index (χ1n) is 5.67. The molecule has 0 heterocycles. The first-order chi connectivity index (χ1) is 9.27. The van der Waals surface area contributed by atoms with Crippen LogP contribution >= 0.6 is 28.3 Å². The third kappa shape index (κ3) is 6.21. The number of carbonyl (C=O) groups excluding carboxylic acids is 1. The summed E-state index contributed by atoms with van der Waals surface area (Å²) in [5.41, 5.74) is 4.58. The lowest BCUT2D eigenvalue weighted by atomic mass is 10.2. The highest BCUT2D eigenvalue weighted by Gasteiger charge is 2.33. The van der Waals surface area contributed by atoms with E-state index in [1.165, 1.54) is 19.2 Å². The van der Waals surface area contributed by atoms with Crippen LogP contribution in [0.3, 0.4) is 0 Å². The van der Waals surface area contributed by atoms with Crippen molar-refractivity contribution < 1.29 is 22.7 Å². The van der Waals surface area contributed by atoms with Gasteiger partial charge in [0.15, 0.2) is 0 Å². The number of carbonyl (C=O) groups is 1. The van der Waals surface area contributed by atoms with Gasteiger partial charge < -0.3 is 15.8 Å². The molecule has 1 amide bonds. The molecule has 0 radical (unpaired) electrons. The van der Waals surface area contributed by atoms with Gasteiger partial charge in [-0.1, -0.05) is 15.9 Å². The number of hydrogen-bond donors (Lipinski definition) is 2. The number of nitrogens with one attached hydrogen (secondary N) is 1. The second kappa shape index (κ2) is 8.57. The molecule has 9 heteroatoms. The van der Waals surface area contributed by atoms with Crippen molar-refractivity contribution in [1.82, 2.24) is 0 Å². The highest BCUT2D eigenvalue weighted by molar-refractivity contribution is 9.10. The van der Waals surface area contributed by atoms with Gasteiger partial charge in [-0.3, -0.25) is 4.79 Å². The Morgan fingerprint density at radius 3 is 2.57 bits per heavy atom. The number of alkyl halides is 3. The van der Waals surface area contributed by atoms with E-state index in [0.717, 1.165) is 6.07 Å². The summed E-state index contributed by atoms with van der Waals surface area (Å²) < 4.78 is 43.0. The summed E-state index contributed by atoms with van der Waals surface area (Å²) in [5.74, 6) is -0.460. The van der Waals surface area contributed by atoms with E-state index < -0.39 is 23.8 Å². The molecule has 0 aliphatic heterocycles. The molecule has 1 atom stereocenters. The second-order valence-electron chi connectivity index (χ2n) is 4.04. The topological polar surface area (TPSA) is 64.3 Å². The number of nitrogens with two attached hydrogens (primary N) is 1. The molecular formula is C12H15BrClF3N2O2. The maximum atomic E-state index is 12.7. The van der Waals surface area contributed by atoms with Gasteiger partial charge in [0.1, 0.15) is 0 Å². The van der Waals surface area contributed by atoms with Gasteiger partial charge in [0, 0.05) is 23.8 Å². The van der Waals surface area contributed by atoms with E-state index in [9.17, 15) is 18.0 Å². The third-order valence-corrected chi connectivity index (χ3v) is 3.26. The molecule has 0 saturated carbocycles. The Labute approximate surface area is 134 Å². The molecule has 0 spiro atoms. The first-order valence-corrected chi connectivity index (χ1v) is 6.46. The molecule has 0 fully saturated rings. The van der Waals surface area contributed by atoms with Gasteiger partial charge in [0.2, 0.25) is 5.91 Å². The van der Waals surface area contributed by atoms with Gasteiger partial charge in [-0.25, -0.2) is 0 Å². The van der Waals surface area contributed by atoms with E-state index in [1.54, 1.807) is 0 Å². The molecule has 1 unspecified atom stereocenters. The van der Waals surface area contributed by atoms with Crippen LogP contribution in [0.15, 0.2) is 22.7 Å². The minimum absolute atomic E-state index is 0. The van der Waals surface area contributed by atoms with Crippen molar-refractivity contribution in [2.45, 2.75) is 18.7 Å². The van der Waals surface area contributed by atoms with Crippen molar-refractivity contribution in [2.24, 2.45) is 5.73 Å². The Balaban J connectivity index is 0.00000400. The van der Waals surface area contributed by atoms with E-state index in [0.29, 0.717) is 0 Å². The summed E-state index contributed by atoms with van der Waals surface area (Å²) in [7, 11) is 1.41. The molecule has 0 aliphatic rings. The molecule has 1 aromatic rings. The number of methoxy groups -OCH3 is 1. The van der Waals surface area contributed by atoms with Crippen molar-refractivity contribution >= 4 is 39.9 Å². The average Bonchev–Trinajstić information content (AvgIpc) is 2.37. The van der Waals surface area contributed by atoms with E-state index in [4.69, 9.17) is 10.5 Å². The fourth-order valence-electron chi connectivity index (χ4n) is 1.50. The molecule has 120 valence electrons. The van der Waals surface area contributed by atoms with Crippen LogP contribution in [0.25, 0.3) is 0 Å². The summed E-state index contributed by atoms with van der Waals surface area (Å²) in [6.45, 7) is 0.151. The standard InChI is InChI=1S/C12H14BrF3N2O2.ClH/c1-20-8(6-17)5-11(19)18-7-2-3-10(13)9(4-7)12(14,15)16;/h2-4,8H,5-6,17H2,1H3,(H,18,19);1H. The number of amides is 1. The molecule has 21 heavy (non-hydrogen) atoms. The molecule has 0 aromatic heterocycles. The van der Waals surface area contributed by atoms with Gasteiger partial charge in [0.05, 0.1) is 18.1 Å². The minimum Gasteiger partial charge on any atom is -0.380 e. The lowest BCUT2D eigenvalue weighted by Gasteiger charge is -2.14. The summed E-state index contributed by atoms with van der Waals surface area (Å²) in [5, 5.41) is 2.39. The monoisotopic (exact) mass is 390 g/mol. The molecule has 1 rings (SSSR count). The highest BCUT2D eigenvalue weighted by Crippen LogP contribution is 2.36. The lowest BCUT2D eigenvalue weighted by molar-refractivity contribution is -0.138. The minimum atomic E-state index is -4.49. The number of hydrogen-bond acceptors (Lipinski definition) is 3. The molecule has 1 aromatic carbocycles. The third-order valence-electron chi connectivity index (χ3n) is 2.56. The Morgan fingerprint density at radius 1 is 1.48 bits per heavy atom. The smallest absolute Gasteiger partial charge is 0.380 e. The van der Waals surface area contributed by atoms with Crippen LogP contribution in [0.1, 0.15) is 12.0 Å². The van der Waals surface area contributed by atoms with Crippen LogP contribution in [0.4, 0.5) is 18.9 Å². The summed E-state index contributed by atoms with van der Waals surface area (Å²) >= 11 is 2.83. The zero-order valence-electron chi connectivity index (χ0n) is 11.0. The highest BCUT2D eigenvalue weighted by atomic mass is 79.9. The van der Waals surface area contributed by atoms with Gasteiger partial charge in [-0.2, -0.15) is 13.2 Å². The zero-order valence-corrected chi connectivity index (χ0v) is 13.4. The van der Waals surface area contributed by atoms with E-state index in [1.807, 2.05) is 0 Å². The molecule has 4 nitrogen and oxygen atoms in total. The van der Waals surface area contributed by atoms with Crippen LogP contribution in [0.2, 0.25) is 0 Å². The van der Waals surface area contributed by atoms with Crippen LogP contribution in [-0.2, 0) is 15.7 Å². The molecule has 3 N–H and O–H groups in total. The fourth-order valence-corrected chi connectivity index (χ4v) is 1.97. The maximum absolute atomic E-state index is 12.7. The summed E-state index contributed by atoms with van der Waals surface area (Å²) in [6, 6.07) is 3.48. The van der Waals surface area contributed by atoms with Crippen molar-refractivity contribution in [3.8, 4) is 0 Å². The molecular weight excluding hydrogens is 376 g/mol. The van der Waals surface area contributed by atoms with Gasteiger partial charge in [-0.05, 0) is 18.2 Å². The normalized spacial score (nSPS) is 12.5. The largest absolute Gasteiger partial charge is 0.417 e. The van der Waals surface area contributed by atoms with Crippen LogP contribution in [-0.4, -0.2) is 25.7 Å². The number of ether oxygens (including phenoxy) is 1. The summed E-state index contributed by atoms with van der Waals surface area (Å²) in [4.78, 5) is 11.6. The Morgan fingerprint density at radius 2 is 2.10 bits per heavy atom. The van der Waals surface area contributed by atoms with Crippen LogP contribution in [0.5, 0.6) is 0 Å². The van der Waals surface area contributed by atoms with E-state index in [2.05, 4.69) is 21.2 Å². The van der Waals surface area contributed by atoms with Gasteiger partial charge in [0.25, 0.3) is 0 Å². The summed E-state index contributed by atoms with van der Waals surface area (Å²) in [6.07, 6.45) is -4.98. The van der Waals surface area contributed by atoms with Crippen molar-refractivity contribution in [1.29, 1.82) is 0 Å².